The topological polar surface area (TPSA) is 49.4 Å². The van der Waals surface area contributed by atoms with Gasteiger partial charge in [0.25, 0.3) is 5.91 Å². The molecule has 2 aromatic carbocycles. The second-order valence-electron chi connectivity index (χ2n) is 5.50. The Labute approximate surface area is 140 Å². The second kappa shape index (κ2) is 6.42. The van der Waals surface area contributed by atoms with Crippen LogP contribution in [0.25, 0.3) is 0 Å². The Morgan fingerprint density at radius 3 is 2.61 bits per heavy atom. The van der Waals surface area contributed by atoms with Gasteiger partial charge in [-0.15, -0.1) is 0 Å². The Balaban J connectivity index is 1.79. The third-order valence-electron chi connectivity index (χ3n) is 3.91. The molecule has 0 saturated carbocycles. The molecule has 1 aliphatic heterocycles. The molecule has 0 radical (unpaired) electrons. The number of aryl methyl sites for hydroxylation is 1. The van der Waals surface area contributed by atoms with Crippen molar-refractivity contribution in [3.8, 4) is 0 Å². The van der Waals surface area contributed by atoms with Crippen molar-refractivity contribution in [1.29, 1.82) is 0 Å². The molecule has 1 heterocycles. The molecule has 23 heavy (non-hydrogen) atoms. The van der Waals surface area contributed by atoms with Crippen LogP contribution in [-0.2, 0) is 16.0 Å². The largest absolute Gasteiger partial charge is 0.373 e. The molecule has 1 atom stereocenters. The Kier molecular flexibility index (Phi) is 4.35. The number of carbonyl (C=O) groups excluding carboxylic acids is 2. The minimum Gasteiger partial charge on any atom is -0.373 e. The molecule has 0 bridgehead atoms. The Hall–Kier alpha value is -2.33. The van der Waals surface area contributed by atoms with Crippen LogP contribution in [0.5, 0.6) is 0 Å². The molecule has 0 unspecified atom stereocenters. The van der Waals surface area contributed by atoms with E-state index in [2.05, 4.69) is 12.2 Å². The lowest BCUT2D eigenvalue weighted by Gasteiger charge is -2.16. The molecule has 1 aliphatic rings. The molecule has 118 valence electrons. The zero-order valence-corrected chi connectivity index (χ0v) is 13.5. The predicted molar refractivity (Wildman–Crippen MR) is 91.8 cm³/mol. The molecule has 0 aliphatic carbocycles. The Bertz CT molecular complexity index is 743. The molecule has 3 rings (SSSR count). The van der Waals surface area contributed by atoms with E-state index in [1.165, 1.54) is 10.5 Å². The predicted octanol–water partition coefficient (Wildman–Crippen LogP) is 3.65. The molecule has 1 fully saturated rings. The van der Waals surface area contributed by atoms with Crippen LogP contribution >= 0.6 is 11.6 Å². The first kappa shape index (κ1) is 15.6. The lowest BCUT2D eigenvalue weighted by atomic mass is 10.1. The maximum atomic E-state index is 12.6. The number of nitrogens with zero attached hydrogens (tertiary/aromatic N) is 1. The third-order valence-corrected chi connectivity index (χ3v) is 4.16. The van der Waals surface area contributed by atoms with Gasteiger partial charge >= 0.3 is 0 Å². The monoisotopic (exact) mass is 328 g/mol. The summed E-state index contributed by atoms with van der Waals surface area (Å²) < 4.78 is 0. The van der Waals surface area contributed by atoms with E-state index in [-0.39, 0.29) is 18.2 Å². The van der Waals surface area contributed by atoms with Crippen LogP contribution in [0.1, 0.15) is 18.9 Å². The van der Waals surface area contributed by atoms with Crippen molar-refractivity contribution in [3.63, 3.8) is 0 Å². The maximum absolute atomic E-state index is 12.6. The van der Waals surface area contributed by atoms with Crippen molar-refractivity contribution in [2.75, 3.05) is 10.2 Å². The van der Waals surface area contributed by atoms with Gasteiger partial charge in [0, 0.05) is 10.7 Å². The average molecular weight is 329 g/mol. The molecule has 4 nitrogen and oxygen atoms in total. The third kappa shape index (κ3) is 3.22. The van der Waals surface area contributed by atoms with Gasteiger partial charge in [-0.2, -0.15) is 0 Å². The summed E-state index contributed by atoms with van der Waals surface area (Å²) in [6.07, 6.45) is 1.07. The normalized spacial score (nSPS) is 17.7. The lowest BCUT2D eigenvalue weighted by molar-refractivity contribution is -0.121. The number of hydrogen-bond donors (Lipinski definition) is 1. The van der Waals surface area contributed by atoms with E-state index in [0.717, 1.165) is 12.1 Å². The van der Waals surface area contributed by atoms with Gasteiger partial charge < -0.3 is 5.32 Å². The van der Waals surface area contributed by atoms with Gasteiger partial charge in [-0.1, -0.05) is 30.7 Å². The Morgan fingerprint density at radius 2 is 1.91 bits per heavy atom. The summed E-state index contributed by atoms with van der Waals surface area (Å²) in [5.41, 5.74) is 2.59. The molecular weight excluding hydrogens is 312 g/mol. The van der Waals surface area contributed by atoms with Crippen molar-refractivity contribution in [2.24, 2.45) is 0 Å². The van der Waals surface area contributed by atoms with Crippen LogP contribution in [0.3, 0.4) is 0 Å². The maximum Gasteiger partial charge on any atom is 0.256 e. The van der Waals surface area contributed by atoms with Crippen molar-refractivity contribution >= 4 is 34.8 Å². The van der Waals surface area contributed by atoms with E-state index >= 15 is 0 Å². The minimum atomic E-state index is -0.537. The number of nitrogens with one attached hydrogen (secondary N) is 1. The second-order valence-corrected chi connectivity index (χ2v) is 5.94. The molecule has 1 N–H and O–H groups in total. The quantitative estimate of drug-likeness (QED) is 0.872. The fourth-order valence-electron chi connectivity index (χ4n) is 2.69. The van der Waals surface area contributed by atoms with Gasteiger partial charge in [0.1, 0.15) is 6.04 Å². The standard InChI is InChI=1S/C18H17ClN2O2/c1-2-12-4-3-5-14(10-12)20-16-11-17(22)21(18(16)23)15-8-6-13(19)7-9-15/h3-10,16,20H,2,11H2,1H3/t16-/m0/s1. The summed E-state index contributed by atoms with van der Waals surface area (Å²) >= 11 is 5.85. The van der Waals surface area contributed by atoms with E-state index in [4.69, 9.17) is 11.6 Å². The van der Waals surface area contributed by atoms with Crippen molar-refractivity contribution in [1.82, 2.24) is 0 Å². The molecular formula is C18H17ClN2O2. The molecule has 2 aromatic rings. The zero-order chi connectivity index (χ0) is 16.4. The first-order valence-electron chi connectivity index (χ1n) is 7.56. The van der Waals surface area contributed by atoms with Crippen LogP contribution in [0.4, 0.5) is 11.4 Å². The fourth-order valence-corrected chi connectivity index (χ4v) is 2.81. The fraction of sp³-hybridized carbons (Fsp3) is 0.222. The highest BCUT2D eigenvalue weighted by Gasteiger charge is 2.39. The number of amides is 2. The molecule has 0 spiro atoms. The SMILES string of the molecule is CCc1cccc(N[C@H]2CC(=O)N(c3ccc(Cl)cc3)C2=O)c1. The molecule has 0 aromatic heterocycles. The number of rotatable bonds is 4. The minimum absolute atomic E-state index is 0.151. The van der Waals surface area contributed by atoms with Gasteiger partial charge in [-0.3, -0.25) is 9.59 Å². The van der Waals surface area contributed by atoms with Crippen molar-refractivity contribution in [3.05, 3.63) is 59.1 Å². The number of anilines is 2. The first-order valence-corrected chi connectivity index (χ1v) is 7.94. The summed E-state index contributed by atoms with van der Waals surface area (Å²) in [5, 5.41) is 3.74. The van der Waals surface area contributed by atoms with Crippen LogP contribution < -0.4 is 10.2 Å². The number of halogens is 1. The van der Waals surface area contributed by atoms with Gasteiger partial charge in [0.15, 0.2) is 0 Å². The van der Waals surface area contributed by atoms with E-state index in [1.54, 1.807) is 24.3 Å². The highest BCUT2D eigenvalue weighted by atomic mass is 35.5. The van der Waals surface area contributed by atoms with Gasteiger partial charge in [0.05, 0.1) is 12.1 Å². The van der Waals surface area contributed by atoms with Crippen LogP contribution in [0, 0.1) is 0 Å². The first-order chi connectivity index (χ1) is 11.1. The summed E-state index contributed by atoms with van der Waals surface area (Å²) in [4.78, 5) is 26.0. The average Bonchev–Trinajstić information content (AvgIpc) is 2.83. The number of hydrogen-bond acceptors (Lipinski definition) is 3. The van der Waals surface area contributed by atoms with Crippen LogP contribution in [0.2, 0.25) is 5.02 Å². The smallest absolute Gasteiger partial charge is 0.256 e. The number of benzene rings is 2. The van der Waals surface area contributed by atoms with E-state index < -0.39 is 6.04 Å². The Morgan fingerprint density at radius 1 is 1.17 bits per heavy atom. The molecule has 2 amide bonds. The lowest BCUT2D eigenvalue weighted by Crippen LogP contribution is -2.34. The van der Waals surface area contributed by atoms with Crippen molar-refractivity contribution < 1.29 is 9.59 Å². The number of imide groups is 1. The van der Waals surface area contributed by atoms with Crippen molar-refractivity contribution in [2.45, 2.75) is 25.8 Å². The van der Waals surface area contributed by atoms with E-state index in [1.807, 2.05) is 24.3 Å². The van der Waals surface area contributed by atoms with Gasteiger partial charge in [-0.25, -0.2) is 4.90 Å². The highest BCUT2D eigenvalue weighted by molar-refractivity contribution is 6.30. The van der Waals surface area contributed by atoms with E-state index in [9.17, 15) is 9.59 Å². The summed E-state index contributed by atoms with van der Waals surface area (Å²) in [5.74, 6) is -0.444. The summed E-state index contributed by atoms with van der Waals surface area (Å²) in [6.45, 7) is 2.08. The van der Waals surface area contributed by atoms with E-state index in [0.29, 0.717) is 10.7 Å². The van der Waals surface area contributed by atoms with Gasteiger partial charge in [0.2, 0.25) is 5.91 Å². The highest BCUT2D eigenvalue weighted by Crippen LogP contribution is 2.26. The molecule has 1 saturated heterocycles. The zero-order valence-electron chi connectivity index (χ0n) is 12.8. The summed E-state index contributed by atoms with van der Waals surface area (Å²) in [7, 11) is 0. The number of carbonyl (C=O) groups is 2. The van der Waals surface area contributed by atoms with Gasteiger partial charge in [-0.05, 0) is 48.4 Å². The van der Waals surface area contributed by atoms with Crippen LogP contribution in [-0.4, -0.2) is 17.9 Å². The summed E-state index contributed by atoms with van der Waals surface area (Å²) in [6, 6.07) is 14.0. The molecule has 5 heteroatoms. The van der Waals surface area contributed by atoms with Crippen LogP contribution in [0.15, 0.2) is 48.5 Å².